The minimum absolute atomic E-state index is 0.886. The first-order valence-electron chi connectivity index (χ1n) is 5.58. The molecule has 0 aromatic carbocycles. The van der Waals surface area contributed by atoms with Crippen molar-refractivity contribution in [1.29, 1.82) is 0 Å². The van der Waals surface area contributed by atoms with Gasteiger partial charge < -0.3 is 34.7 Å². The standard InChI is InChI=1S/C6H17O14P3/c7-5(1-17-21(9,10)11)3-19-23(15,16)20-4-6(8)2-18-22(12,13)14/h5-8H,1-4H2,(H,15,16)(H2,9,10,11)(H2,12,13,14). The molecule has 0 heterocycles. The fraction of sp³-hybridized carbons (Fsp3) is 1.00. The van der Waals surface area contributed by atoms with E-state index in [1.165, 1.54) is 0 Å². The van der Waals surface area contributed by atoms with Gasteiger partial charge in [0.15, 0.2) is 0 Å². The molecule has 0 aromatic rings. The first-order chi connectivity index (χ1) is 10.2. The van der Waals surface area contributed by atoms with E-state index in [0.29, 0.717) is 0 Å². The van der Waals surface area contributed by atoms with Gasteiger partial charge in [0, 0.05) is 0 Å². The predicted octanol–water partition coefficient (Wildman–Crippen LogP) is -1.94. The van der Waals surface area contributed by atoms with Crippen LogP contribution in [0.5, 0.6) is 0 Å². The molecule has 2 unspecified atom stereocenters. The van der Waals surface area contributed by atoms with Crippen LogP contribution < -0.4 is 0 Å². The second kappa shape index (κ2) is 9.66. The maximum Gasteiger partial charge on any atom is 0.472 e. The topological polar surface area (TPSA) is 230 Å². The molecule has 0 aliphatic heterocycles. The number of phosphoric acid groups is 3. The summed E-state index contributed by atoms with van der Waals surface area (Å²) in [4.78, 5) is 42.6. The summed E-state index contributed by atoms with van der Waals surface area (Å²) >= 11 is 0. The molecule has 0 radical (unpaired) electrons. The molecule has 14 nitrogen and oxygen atoms in total. The Morgan fingerprint density at radius 1 is 0.609 bits per heavy atom. The second-order valence-corrected chi connectivity index (χ2v) is 7.87. The molecule has 0 aliphatic rings. The molecule has 0 amide bonds. The van der Waals surface area contributed by atoms with E-state index in [9.17, 15) is 23.9 Å². The maximum absolute atomic E-state index is 11.3. The van der Waals surface area contributed by atoms with E-state index >= 15 is 0 Å². The molecule has 0 aliphatic carbocycles. The largest absolute Gasteiger partial charge is 0.472 e. The molecule has 0 rings (SSSR count). The van der Waals surface area contributed by atoms with Gasteiger partial charge in [0.2, 0.25) is 0 Å². The Hall–Kier alpha value is 0.250. The molecule has 7 N–H and O–H groups in total. The lowest BCUT2D eigenvalue weighted by molar-refractivity contribution is 0.0153. The van der Waals surface area contributed by atoms with E-state index in [1.807, 2.05) is 0 Å². The van der Waals surface area contributed by atoms with Crippen molar-refractivity contribution in [2.24, 2.45) is 0 Å². The summed E-state index contributed by atoms with van der Waals surface area (Å²) in [6.07, 6.45) is -3.32. The lowest BCUT2D eigenvalue weighted by Crippen LogP contribution is -2.23. The van der Waals surface area contributed by atoms with Crippen LogP contribution in [0.4, 0.5) is 0 Å². The van der Waals surface area contributed by atoms with Crippen molar-refractivity contribution < 1.29 is 66.5 Å². The number of hydrogen-bond acceptors (Lipinski definition) is 9. The minimum Gasteiger partial charge on any atom is -0.388 e. The smallest absolute Gasteiger partial charge is 0.388 e. The fourth-order valence-electron chi connectivity index (χ4n) is 0.860. The van der Waals surface area contributed by atoms with Crippen molar-refractivity contribution in [1.82, 2.24) is 0 Å². The van der Waals surface area contributed by atoms with Crippen LogP contribution in [-0.2, 0) is 31.8 Å². The van der Waals surface area contributed by atoms with E-state index in [-0.39, 0.29) is 0 Å². The SMILES string of the molecule is O=P(O)(O)OCC(O)COP(=O)(O)OCC(O)COP(=O)(O)O. The number of aliphatic hydroxyl groups is 2. The quantitative estimate of drug-likeness (QED) is 0.175. The summed E-state index contributed by atoms with van der Waals surface area (Å²) < 4.78 is 48.3. The van der Waals surface area contributed by atoms with Gasteiger partial charge in [-0.25, -0.2) is 13.7 Å². The molecule has 0 saturated carbocycles. The minimum atomic E-state index is -4.82. The highest BCUT2D eigenvalue weighted by Gasteiger charge is 2.26. The van der Waals surface area contributed by atoms with Gasteiger partial charge in [-0.1, -0.05) is 0 Å². The Balaban J connectivity index is 4.07. The summed E-state index contributed by atoms with van der Waals surface area (Å²) in [7, 11) is -14.4. The average Bonchev–Trinajstić information content (AvgIpc) is 2.37. The van der Waals surface area contributed by atoms with Gasteiger partial charge in [0.25, 0.3) is 0 Å². The maximum atomic E-state index is 11.3. The number of rotatable bonds is 12. The van der Waals surface area contributed by atoms with Crippen molar-refractivity contribution in [2.75, 3.05) is 26.4 Å². The van der Waals surface area contributed by atoms with Gasteiger partial charge in [0.1, 0.15) is 12.2 Å². The Labute approximate surface area is 129 Å². The highest BCUT2D eigenvalue weighted by atomic mass is 31.2. The fourth-order valence-corrected chi connectivity index (χ4v) is 2.39. The molecule has 17 heteroatoms. The van der Waals surface area contributed by atoms with Gasteiger partial charge in [-0.15, -0.1) is 0 Å². The third-order valence-electron chi connectivity index (χ3n) is 1.73. The number of phosphoric ester groups is 3. The van der Waals surface area contributed by atoms with Gasteiger partial charge in [0.05, 0.1) is 26.4 Å². The first-order valence-corrected chi connectivity index (χ1v) is 10.1. The molecule has 0 saturated heterocycles. The highest BCUT2D eigenvalue weighted by molar-refractivity contribution is 7.47. The zero-order chi connectivity index (χ0) is 18.3. The van der Waals surface area contributed by atoms with Crippen molar-refractivity contribution in [2.45, 2.75) is 12.2 Å². The molecule has 23 heavy (non-hydrogen) atoms. The van der Waals surface area contributed by atoms with Crippen molar-refractivity contribution in [3.63, 3.8) is 0 Å². The predicted molar refractivity (Wildman–Crippen MR) is 69.7 cm³/mol. The van der Waals surface area contributed by atoms with Crippen LogP contribution in [0.25, 0.3) is 0 Å². The van der Waals surface area contributed by atoms with E-state index in [4.69, 9.17) is 24.5 Å². The van der Waals surface area contributed by atoms with Gasteiger partial charge in [-0.05, 0) is 0 Å². The molecule has 0 bridgehead atoms. The summed E-state index contributed by atoms with van der Waals surface area (Å²) in [6, 6.07) is 0. The number of aliphatic hydroxyl groups excluding tert-OH is 2. The van der Waals surface area contributed by atoms with E-state index < -0.39 is 62.1 Å². The lowest BCUT2D eigenvalue weighted by atomic mass is 10.4. The van der Waals surface area contributed by atoms with Crippen molar-refractivity contribution >= 4 is 23.5 Å². The Bertz CT molecular complexity index is 441. The second-order valence-electron chi connectivity index (χ2n) is 3.94. The van der Waals surface area contributed by atoms with Crippen LogP contribution in [0, 0.1) is 0 Å². The molecule has 0 spiro atoms. The van der Waals surface area contributed by atoms with Gasteiger partial charge in [-0.3, -0.25) is 18.1 Å². The molecular weight excluding hydrogens is 389 g/mol. The normalized spacial score (nSPS) is 18.4. The van der Waals surface area contributed by atoms with Crippen LogP contribution >= 0.6 is 23.5 Å². The molecule has 0 fully saturated rings. The summed E-state index contributed by atoms with van der Waals surface area (Å²) in [5.41, 5.74) is 0. The first kappa shape index (κ1) is 23.2. The monoisotopic (exact) mass is 406 g/mol. The van der Waals surface area contributed by atoms with Crippen molar-refractivity contribution in [3.8, 4) is 0 Å². The van der Waals surface area contributed by atoms with Crippen molar-refractivity contribution in [3.05, 3.63) is 0 Å². The molecule has 0 aromatic heterocycles. The van der Waals surface area contributed by atoms with Crippen LogP contribution in [0.3, 0.4) is 0 Å². The van der Waals surface area contributed by atoms with Gasteiger partial charge in [-0.2, -0.15) is 0 Å². The molecule has 2 atom stereocenters. The summed E-state index contributed by atoms with van der Waals surface area (Å²) in [6.45, 7) is -3.54. The van der Waals surface area contributed by atoms with Crippen LogP contribution in [0.2, 0.25) is 0 Å². The summed E-state index contributed by atoms with van der Waals surface area (Å²) in [5.74, 6) is 0. The van der Waals surface area contributed by atoms with Crippen LogP contribution in [0.15, 0.2) is 0 Å². The van der Waals surface area contributed by atoms with Crippen LogP contribution in [-0.4, -0.2) is 73.3 Å². The van der Waals surface area contributed by atoms with E-state index in [1.54, 1.807) is 0 Å². The average molecular weight is 406 g/mol. The third kappa shape index (κ3) is 15.5. The zero-order valence-corrected chi connectivity index (χ0v) is 14.0. The number of hydrogen-bond donors (Lipinski definition) is 7. The Kier molecular flexibility index (Phi) is 9.77. The Morgan fingerprint density at radius 2 is 0.870 bits per heavy atom. The lowest BCUT2D eigenvalue weighted by Gasteiger charge is -2.17. The molecule has 140 valence electrons. The molecular formula is C6H17O14P3. The van der Waals surface area contributed by atoms with Crippen LogP contribution in [0.1, 0.15) is 0 Å². The van der Waals surface area contributed by atoms with E-state index in [0.717, 1.165) is 0 Å². The third-order valence-corrected chi connectivity index (χ3v) is 3.65. The van der Waals surface area contributed by atoms with Gasteiger partial charge >= 0.3 is 23.5 Å². The summed E-state index contributed by atoms with van der Waals surface area (Å²) in [5, 5.41) is 18.4. The highest BCUT2D eigenvalue weighted by Crippen LogP contribution is 2.44. The van der Waals surface area contributed by atoms with E-state index in [2.05, 4.69) is 18.1 Å². The Morgan fingerprint density at radius 3 is 1.13 bits per heavy atom. The zero-order valence-electron chi connectivity index (χ0n) is 11.3.